The molecule has 3 aliphatic rings. The molecule has 35 heavy (non-hydrogen) atoms. The first-order valence-electron chi connectivity index (χ1n) is 12.1. The van der Waals surface area contributed by atoms with Crippen LogP contribution < -0.4 is 5.32 Å². The predicted octanol–water partition coefficient (Wildman–Crippen LogP) is 5.26. The molecule has 1 N–H and O–H groups in total. The number of carbonyl (C=O) groups is 3. The van der Waals surface area contributed by atoms with Crippen LogP contribution >= 0.6 is 15.9 Å². The van der Waals surface area contributed by atoms with Crippen LogP contribution in [-0.2, 0) is 14.4 Å². The third kappa shape index (κ3) is 4.31. The lowest BCUT2D eigenvalue weighted by molar-refractivity contribution is -0.139. The minimum Gasteiger partial charge on any atom is -0.351 e. The molecule has 1 atom stereocenters. The van der Waals surface area contributed by atoms with Gasteiger partial charge in [0.05, 0.1) is 4.48 Å². The van der Waals surface area contributed by atoms with Crippen molar-refractivity contribution in [2.45, 2.75) is 49.7 Å². The lowest BCUT2D eigenvalue weighted by atomic mass is 9.81. The first kappa shape index (κ1) is 23.5. The van der Waals surface area contributed by atoms with E-state index < -0.39 is 11.6 Å². The summed E-state index contributed by atoms with van der Waals surface area (Å²) < 4.78 is 0.388. The van der Waals surface area contributed by atoms with Crippen LogP contribution in [0.3, 0.4) is 0 Å². The Hall–Kier alpha value is -3.25. The molecule has 1 unspecified atom stereocenters. The van der Waals surface area contributed by atoms with Crippen LogP contribution in [0.2, 0.25) is 0 Å². The SMILES string of the molecule is O=C1C=CC2(C=C1)C(c1ccccc1)=C(Br)C(=O)N2C(C(=O)NC1CCCCC1)c1ccccc1. The van der Waals surface area contributed by atoms with Gasteiger partial charge in [0.2, 0.25) is 5.91 Å². The number of ketones is 1. The predicted molar refractivity (Wildman–Crippen MR) is 139 cm³/mol. The van der Waals surface area contributed by atoms with Gasteiger partial charge in [0, 0.05) is 11.6 Å². The van der Waals surface area contributed by atoms with Gasteiger partial charge in [0.1, 0.15) is 11.6 Å². The van der Waals surface area contributed by atoms with Crippen LogP contribution in [0.15, 0.2) is 89.5 Å². The van der Waals surface area contributed by atoms with E-state index in [-0.39, 0.29) is 23.6 Å². The van der Waals surface area contributed by atoms with Gasteiger partial charge in [0.25, 0.3) is 5.91 Å². The number of hydrogen-bond donors (Lipinski definition) is 1. The van der Waals surface area contributed by atoms with E-state index in [1.165, 1.54) is 18.6 Å². The van der Waals surface area contributed by atoms with Gasteiger partial charge in [-0.1, -0.05) is 79.9 Å². The second kappa shape index (κ2) is 9.78. The molecule has 178 valence electrons. The van der Waals surface area contributed by atoms with Crippen molar-refractivity contribution < 1.29 is 14.4 Å². The van der Waals surface area contributed by atoms with Crippen LogP contribution in [-0.4, -0.2) is 34.1 Å². The van der Waals surface area contributed by atoms with Crippen molar-refractivity contribution in [2.75, 3.05) is 0 Å². The van der Waals surface area contributed by atoms with Crippen LogP contribution in [0, 0.1) is 0 Å². The van der Waals surface area contributed by atoms with E-state index in [1.807, 2.05) is 60.7 Å². The standard InChI is InChI=1S/C29H27BrN2O3/c30-25-24(20-10-4-1-5-11-20)29(18-16-23(33)17-19-29)32(28(25)35)26(21-12-6-2-7-13-21)27(34)31-22-14-8-3-9-15-22/h1-2,4-7,10-13,16-19,22,26H,3,8-9,14-15H2,(H,31,34). The molecule has 1 saturated carbocycles. The smallest absolute Gasteiger partial charge is 0.263 e. The van der Waals surface area contributed by atoms with Gasteiger partial charge in [-0.25, -0.2) is 0 Å². The van der Waals surface area contributed by atoms with Crippen molar-refractivity contribution in [1.29, 1.82) is 0 Å². The monoisotopic (exact) mass is 530 g/mol. The van der Waals surface area contributed by atoms with Crippen LogP contribution in [0.25, 0.3) is 5.57 Å². The molecule has 0 bridgehead atoms. The summed E-state index contributed by atoms with van der Waals surface area (Å²) in [6.45, 7) is 0. The molecule has 0 aromatic heterocycles. The maximum Gasteiger partial charge on any atom is 0.263 e. The van der Waals surface area contributed by atoms with Crippen molar-refractivity contribution >= 4 is 39.1 Å². The third-order valence-corrected chi connectivity index (χ3v) is 7.80. The number of amides is 2. The van der Waals surface area contributed by atoms with Gasteiger partial charge in [0.15, 0.2) is 5.78 Å². The zero-order valence-corrected chi connectivity index (χ0v) is 20.9. The Kier molecular flexibility index (Phi) is 6.56. The van der Waals surface area contributed by atoms with Gasteiger partial charge in [-0.15, -0.1) is 0 Å². The average Bonchev–Trinajstić information content (AvgIpc) is 3.09. The van der Waals surface area contributed by atoms with Gasteiger partial charge in [-0.05, 0) is 64.2 Å². The summed E-state index contributed by atoms with van der Waals surface area (Å²) in [5, 5.41) is 3.23. The normalized spacial score (nSPS) is 20.5. The summed E-state index contributed by atoms with van der Waals surface area (Å²) in [6, 6.07) is 18.2. The van der Waals surface area contributed by atoms with Crippen molar-refractivity contribution in [3.05, 3.63) is 101 Å². The summed E-state index contributed by atoms with van der Waals surface area (Å²) in [6.07, 6.45) is 11.7. The molecule has 0 saturated heterocycles. The second-order valence-corrected chi connectivity index (χ2v) is 10.1. The maximum absolute atomic E-state index is 13.9. The molecule has 1 spiro atoms. The quantitative estimate of drug-likeness (QED) is 0.573. The molecule has 2 amide bonds. The van der Waals surface area contributed by atoms with E-state index in [0.717, 1.165) is 42.4 Å². The fraction of sp³-hybridized carbons (Fsp3) is 0.276. The van der Waals surface area contributed by atoms with Crippen LogP contribution in [0.1, 0.15) is 49.3 Å². The molecule has 1 fully saturated rings. The van der Waals surface area contributed by atoms with Crippen LogP contribution in [0.5, 0.6) is 0 Å². The van der Waals surface area contributed by atoms with Gasteiger partial charge < -0.3 is 10.2 Å². The Morgan fingerprint density at radius 3 is 2.14 bits per heavy atom. The highest BCUT2D eigenvalue weighted by molar-refractivity contribution is 9.12. The number of carbonyl (C=O) groups excluding carboxylic acids is 3. The highest BCUT2D eigenvalue weighted by Gasteiger charge is 2.54. The highest BCUT2D eigenvalue weighted by Crippen LogP contribution is 2.50. The molecular weight excluding hydrogens is 504 g/mol. The Morgan fingerprint density at radius 1 is 0.914 bits per heavy atom. The van der Waals surface area contributed by atoms with Crippen molar-refractivity contribution in [3.8, 4) is 0 Å². The van der Waals surface area contributed by atoms with Crippen molar-refractivity contribution in [2.24, 2.45) is 0 Å². The Labute approximate surface area is 213 Å². The minimum absolute atomic E-state index is 0.0973. The molecule has 6 heteroatoms. The first-order chi connectivity index (χ1) is 17.0. The van der Waals surface area contributed by atoms with Gasteiger partial charge in [-0.2, -0.15) is 0 Å². The number of nitrogens with zero attached hydrogens (tertiary/aromatic N) is 1. The van der Waals surface area contributed by atoms with Gasteiger partial charge in [-0.3, -0.25) is 14.4 Å². The third-order valence-electron chi connectivity index (χ3n) is 7.06. The molecule has 2 aromatic carbocycles. The number of halogens is 1. The van der Waals surface area contributed by atoms with Crippen molar-refractivity contribution in [1.82, 2.24) is 10.2 Å². The van der Waals surface area contributed by atoms with Gasteiger partial charge >= 0.3 is 0 Å². The highest BCUT2D eigenvalue weighted by atomic mass is 79.9. The van der Waals surface area contributed by atoms with E-state index in [4.69, 9.17) is 0 Å². The second-order valence-electron chi connectivity index (χ2n) is 9.28. The fourth-order valence-corrected chi connectivity index (χ4v) is 6.14. The summed E-state index contributed by atoms with van der Waals surface area (Å²) in [7, 11) is 0. The Bertz CT molecular complexity index is 1210. The molecule has 5 nitrogen and oxygen atoms in total. The largest absolute Gasteiger partial charge is 0.351 e. The molecular formula is C29H27BrN2O3. The maximum atomic E-state index is 13.9. The number of hydrogen-bond acceptors (Lipinski definition) is 3. The topological polar surface area (TPSA) is 66.5 Å². The molecule has 2 aromatic rings. The number of rotatable bonds is 5. The minimum atomic E-state index is -1.09. The number of allylic oxidation sites excluding steroid dienone is 2. The molecule has 5 rings (SSSR count). The molecule has 2 aliphatic carbocycles. The molecule has 1 heterocycles. The summed E-state index contributed by atoms with van der Waals surface area (Å²) in [4.78, 5) is 41.7. The number of nitrogens with one attached hydrogen (secondary N) is 1. The summed E-state index contributed by atoms with van der Waals surface area (Å²) in [5.74, 6) is -0.648. The molecule has 1 aliphatic heterocycles. The summed E-state index contributed by atoms with van der Waals surface area (Å²) >= 11 is 3.57. The van der Waals surface area contributed by atoms with Crippen molar-refractivity contribution in [3.63, 3.8) is 0 Å². The fourth-order valence-electron chi connectivity index (χ4n) is 5.41. The van der Waals surface area contributed by atoms with E-state index in [2.05, 4.69) is 21.2 Å². The lowest BCUT2D eigenvalue weighted by Gasteiger charge is -2.42. The zero-order valence-electron chi connectivity index (χ0n) is 19.3. The van der Waals surface area contributed by atoms with E-state index in [9.17, 15) is 14.4 Å². The Morgan fingerprint density at radius 2 is 1.51 bits per heavy atom. The Balaban J connectivity index is 1.64. The average molecular weight is 531 g/mol. The molecule has 0 radical (unpaired) electrons. The number of benzene rings is 2. The van der Waals surface area contributed by atoms with Crippen LogP contribution in [0.4, 0.5) is 0 Å². The summed E-state index contributed by atoms with van der Waals surface area (Å²) in [5.41, 5.74) is 1.20. The zero-order chi connectivity index (χ0) is 24.4. The lowest BCUT2D eigenvalue weighted by Crippen LogP contribution is -2.53. The van der Waals surface area contributed by atoms with E-state index >= 15 is 0 Å². The van der Waals surface area contributed by atoms with E-state index in [0.29, 0.717) is 4.48 Å². The first-order valence-corrected chi connectivity index (χ1v) is 12.9. The van der Waals surface area contributed by atoms with E-state index in [1.54, 1.807) is 17.1 Å².